The summed E-state index contributed by atoms with van der Waals surface area (Å²) in [6.45, 7) is 1.17. The molecule has 1 aromatic carbocycles. The van der Waals surface area contributed by atoms with Crippen molar-refractivity contribution in [3.05, 3.63) is 41.1 Å². The number of hydrogen-bond acceptors (Lipinski definition) is 6. The number of amides is 1. The van der Waals surface area contributed by atoms with Gasteiger partial charge in [0.25, 0.3) is 5.91 Å². The van der Waals surface area contributed by atoms with Crippen LogP contribution in [0, 0.1) is 0 Å². The summed E-state index contributed by atoms with van der Waals surface area (Å²) in [6, 6.07) is 4.34. The molecule has 1 amide bonds. The zero-order valence-electron chi connectivity index (χ0n) is 17.2. The summed E-state index contributed by atoms with van der Waals surface area (Å²) >= 11 is 0. The van der Waals surface area contributed by atoms with Crippen molar-refractivity contribution in [2.24, 2.45) is 0 Å². The molecule has 0 radical (unpaired) electrons. The van der Waals surface area contributed by atoms with E-state index in [0.717, 1.165) is 25.0 Å². The predicted octanol–water partition coefficient (Wildman–Crippen LogP) is 3.13. The highest BCUT2D eigenvalue weighted by atomic mass is 19.4. The van der Waals surface area contributed by atoms with Crippen LogP contribution in [-0.2, 0) is 17.5 Å². The Balaban J connectivity index is 1.83. The van der Waals surface area contributed by atoms with Gasteiger partial charge in [-0.05, 0) is 37.8 Å². The second-order valence-corrected chi connectivity index (χ2v) is 7.57. The third-order valence-corrected chi connectivity index (χ3v) is 5.24. The standard InChI is InChI=1S/C21H26F3N3O4/c1-30-10-9-25-12-17-18(20(29)26-15-3-2-4-16(28)11-15)27-31-19(17)13-5-7-14(8-6-13)21(22,23)24/h5-8,15-16,25,28H,2-4,9-12H2,1H3,(H,26,29)/t15-,16+/m1/s1. The Kier molecular flexibility index (Phi) is 7.69. The maximum Gasteiger partial charge on any atom is 0.416 e. The number of alkyl halides is 3. The lowest BCUT2D eigenvalue weighted by Crippen LogP contribution is -2.40. The Morgan fingerprint density at radius 3 is 2.68 bits per heavy atom. The van der Waals surface area contributed by atoms with Gasteiger partial charge in [0.15, 0.2) is 11.5 Å². The second-order valence-electron chi connectivity index (χ2n) is 7.57. The predicted molar refractivity (Wildman–Crippen MR) is 106 cm³/mol. The topological polar surface area (TPSA) is 96.6 Å². The molecule has 3 rings (SSSR count). The first-order valence-electron chi connectivity index (χ1n) is 10.1. The van der Waals surface area contributed by atoms with E-state index >= 15 is 0 Å². The van der Waals surface area contributed by atoms with Crippen LogP contribution in [0.5, 0.6) is 0 Å². The molecule has 1 aromatic heterocycles. The van der Waals surface area contributed by atoms with E-state index in [9.17, 15) is 23.1 Å². The van der Waals surface area contributed by atoms with Gasteiger partial charge in [0.05, 0.1) is 18.3 Å². The minimum Gasteiger partial charge on any atom is -0.393 e. The Morgan fingerprint density at radius 2 is 2.03 bits per heavy atom. The summed E-state index contributed by atoms with van der Waals surface area (Å²) in [5.41, 5.74) is 0.130. The fourth-order valence-electron chi connectivity index (χ4n) is 3.63. The molecule has 170 valence electrons. The fourth-order valence-corrected chi connectivity index (χ4v) is 3.63. The van der Waals surface area contributed by atoms with Gasteiger partial charge in [0, 0.05) is 37.4 Å². The summed E-state index contributed by atoms with van der Waals surface area (Å²) in [7, 11) is 1.56. The number of aromatic nitrogens is 1. The number of ether oxygens (including phenoxy) is 1. The van der Waals surface area contributed by atoms with Gasteiger partial charge in [-0.3, -0.25) is 4.79 Å². The van der Waals surface area contributed by atoms with E-state index in [1.165, 1.54) is 12.1 Å². The average molecular weight is 441 g/mol. The minimum atomic E-state index is -4.44. The summed E-state index contributed by atoms with van der Waals surface area (Å²) < 4.78 is 49.0. The SMILES string of the molecule is COCCNCc1c(C(=O)N[C@@H]2CCC[C@H](O)C2)noc1-c1ccc(C(F)(F)F)cc1. The molecule has 2 aromatic rings. The molecule has 0 unspecified atom stereocenters. The van der Waals surface area contributed by atoms with Gasteiger partial charge in [-0.1, -0.05) is 17.3 Å². The van der Waals surface area contributed by atoms with Crippen molar-refractivity contribution in [3.63, 3.8) is 0 Å². The molecule has 2 atom stereocenters. The van der Waals surface area contributed by atoms with Gasteiger partial charge in [-0.2, -0.15) is 13.2 Å². The highest BCUT2D eigenvalue weighted by Gasteiger charge is 2.31. The number of methoxy groups -OCH3 is 1. The minimum absolute atomic E-state index is 0.0693. The van der Waals surface area contributed by atoms with Gasteiger partial charge in [0.2, 0.25) is 0 Å². The molecule has 0 aliphatic heterocycles. The quantitative estimate of drug-likeness (QED) is 0.545. The van der Waals surface area contributed by atoms with Crippen molar-refractivity contribution in [2.45, 2.75) is 50.6 Å². The molecule has 0 spiro atoms. The average Bonchev–Trinajstić information content (AvgIpc) is 3.15. The number of carbonyl (C=O) groups is 1. The Labute approximate surface area is 177 Å². The molecular formula is C21H26F3N3O4. The lowest BCUT2D eigenvalue weighted by Gasteiger charge is -2.26. The van der Waals surface area contributed by atoms with Gasteiger partial charge < -0.3 is 25.0 Å². The van der Waals surface area contributed by atoms with Crippen LogP contribution in [0.2, 0.25) is 0 Å². The first-order chi connectivity index (χ1) is 14.8. The molecule has 0 saturated heterocycles. The van der Waals surface area contributed by atoms with Crippen LogP contribution in [0.25, 0.3) is 11.3 Å². The number of carbonyl (C=O) groups excluding carboxylic acids is 1. The van der Waals surface area contributed by atoms with Crippen molar-refractivity contribution in [1.82, 2.24) is 15.8 Å². The number of rotatable bonds is 8. The van der Waals surface area contributed by atoms with Crippen molar-refractivity contribution in [3.8, 4) is 11.3 Å². The Morgan fingerprint density at radius 1 is 1.29 bits per heavy atom. The van der Waals surface area contributed by atoms with Gasteiger partial charge in [-0.25, -0.2) is 0 Å². The monoisotopic (exact) mass is 441 g/mol. The molecule has 3 N–H and O–H groups in total. The van der Waals surface area contributed by atoms with Crippen LogP contribution in [0.15, 0.2) is 28.8 Å². The van der Waals surface area contributed by atoms with E-state index in [0.29, 0.717) is 37.1 Å². The van der Waals surface area contributed by atoms with Crippen LogP contribution in [0.4, 0.5) is 13.2 Å². The van der Waals surface area contributed by atoms with Crippen molar-refractivity contribution < 1.29 is 32.3 Å². The highest BCUT2D eigenvalue weighted by molar-refractivity contribution is 5.95. The number of aliphatic hydroxyl groups is 1. The van der Waals surface area contributed by atoms with E-state index in [4.69, 9.17) is 9.26 Å². The van der Waals surface area contributed by atoms with Crippen LogP contribution >= 0.6 is 0 Å². The van der Waals surface area contributed by atoms with E-state index in [2.05, 4.69) is 15.8 Å². The lowest BCUT2D eigenvalue weighted by atomic mass is 9.93. The third kappa shape index (κ3) is 6.05. The van der Waals surface area contributed by atoms with E-state index < -0.39 is 23.8 Å². The Bertz CT molecular complexity index is 868. The lowest BCUT2D eigenvalue weighted by molar-refractivity contribution is -0.137. The summed E-state index contributed by atoms with van der Waals surface area (Å²) in [4.78, 5) is 12.8. The highest BCUT2D eigenvalue weighted by Crippen LogP contribution is 2.32. The molecule has 0 bridgehead atoms. The molecule has 1 saturated carbocycles. The van der Waals surface area contributed by atoms with Crippen molar-refractivity contribution in [2.75, 3.05) is 20.3 Å². The number of aliphatic hydroxyl groups excluding tert-OH is 1. The number of nitrogens with zero attached hydrogens (tertiary/aromatic N) is 1. The molecular weight excluding hydrogens is 415 g/mol. The number of halogens is 3. The van der Waals surface area contributed by atoms with Gasteiger partial charge >= 0.3 is 6.18 Å². The zero-order valence-corrected chi connectivity index (χ0v) is 17.2. The van der Waals surface area contributed by atoms with Gasteiger partial charge in [0.1, 0.15) is 0 Å². The number of benzene rings is 1. The normalized spacial score (nSPS) is 19.4. The van der Waals surface area contributed by atoms with Crippen LogP contribution < -0.4 is 10.6 Å². The first-order valence-corrected chi connectivity index (χ1v) is 10.1. The van der Waals surface area contributed by atoms with Crippen LogP contribution in [-0.4, -0.2) is 48.6 Å². The molecule has 31 heavy (non-hydrogen) atoms. The van der Waals surface area contributed by atoms with E-state index in [1.807, 2.05) is 0 Å². The summed E-state index contributed by atoms with van der Waals surface area (Å²) in [5, 5.41) is 19.7. The molecule has 1 aliphatic carbocycles. The smallest absolute Gasteiger partial charge is 0.393 e. The third-order valence-electron chi connectivity index (χ3n) is 5.24. The number of nitrogens with one attached hydrogen (secondary N) is 2. The molecule has 1 fully saturated rings. The largest absolute Gasteiger partial charge is 0.416 e. The fraction of sp³-hybridized carbons (Fsp3) is 0.524. The second kappa shape index (κ2) is 10.3. The molecule has 1 aliphatic rings. The molecule has 7 nitrogen and oxygen atoms in total. The van der Waals surface area contributed by atoms with Crippen molar-refractivity contribution >= 4 is 5.91 Å². The van der Waals surface area contributed by atoms with Crippen LogP contribution in [0.3, 0.4) is 0 Å². The van der Waals surface area contributed by atoms with Crippen LogP contribution in [0.1, 0.15) is 47.3 Å². The maximum atomic E-state index is 12.9. The van der Waals surface area contributed by atoms with E-state index in [-0.39, 0.29) is 24.0 Å². The number of hydrogen-bond donors (Lipinski definition) is 3. The first kappa shape index (κ1) is 23.2. The maximum absolute atomic E-state index is 12.9. The van der Waals surface area contributed by atoms with Gasteiger partial charge in [-0.15, -0.1) is 0 Å². The van der Waals surface area contributed by atoms with E-state index in [1.54, 1.807) is 7.11 Å². The summed E-state index contributed by atoms with van der Waals surface area (Å²) in [6.07, 6.45) is -2.14. The molecule has 1 heterocycles. The molecule has 10 heteroatoms. The Hall–Kier alpha value is -2.43. The zero-order chi connectivity index (χ0) is 22.4. The van der Waals surface area contributed by atoms with Crippen molar-refractivity contribution in [1.29, 1.82) is 0 Å². The summed E-state index contributed by atoms with van der Waals surface area (Å²) in [5.74, 6) is -0.211.